The molecule has 1 saturated carbocycles. The van der Waals surface area contributed by atoms with Gasteiger partial charge in [0, 0.05) is 25.5 Å². The first kappa shape index (κ1) is 30.1. The molecule has 4 rings (SSSR count). The van der Waals surface area contributed by atoms with Gasteiger partial charge in [-0.25, -0.2) is 4.98 Å². The number of aromatic hydroxyl groups is 1. The second-order valence-electron chi connectivity index (χ2n) is 14.0. The lowest BCUT2D eigenvalue weighted by atomic mass is 9.78. The molecule has 1 aliphatic rings. The van der Waals surface area contributed by atoms with Crippen molar-refractivity contribution in [2.75, 3.05) is 37.4 Å². The average Bonchev–Trinajstić information content (AvgIpc) is 2.88. The number of aromatic nitrogens is 2. The Labute approximate surface area is 242 Å². The largest absolute Gasteiger partial charge is 0.507 e. The van der Waals surface area contributed by atoms with Crippen LogP contribution in [0, 0.1) is 5.92 Å². The second-order valence-corrected chi connectivity index (χ2v) is 14.0. The van der Waals surface area contributed by atoms with Crippen molar-refractivity contribution in [3.8, 4) is 5.75 Å². The molecule has 0 aliphatic heterocycles. The molecular formula is C34H51N5O. The smallest absolute Gasteiger partial charge is 0.225 e. The van der Waals surface area contributed by atoms with Crippen molar-refractivity contribution >= 4 is 22.7 Å². The summed E-state index contributed by atoms with van der Waals surface area (Å²) in [4.78, 5) is 11.7. The summed E-state index contributed by atoms with van der Waals surface area (Å²) in [5, 5.41) is 19.4. The van der Waals surface area contributed by atoms with E-state index < -0.39 is 0 Å². The Hall–Kier alpha value is -2.86. The molecule has 1 aromatic heterocycles. The van der Waals surface area contributed by atoms with Gasteiger partial charge in [-0.05, 0) is 97.2 Å². The number of para-hydroxylation sites is 1. The fraction of sp³-hybridized carbons (Fsp3) is 0.588. The van der Waals surface area contributed by atoms with Crippen molar-refractivity contribution in [1.82, 2.24) is 15.3 Å². The summed E-state index contributed by atoms with van der Waals surface area (Å²) in [6, 6.07) is 13.1. The van der Waals surface area contributed by atoms with E-state index in [4.69, 9.17) is 9.97 Å². The molecule has 6 nitrogen and oxygen atoms in total. The lowest BCUT2D eigenvalue weighted by Gasteiger charge is -2.29. The Morgan fingerprint density at radius 3 is 2.12 bits per heavy atom. The number of phenols is 1. The quantitative estimate of drug-likeness (QED) is 0.247. The van der Waals surface area contributed by atoms with Gasteiger partial charge in [-0.3, -0.25) is 0 Å². The normalized spacial score (nSPS) is 18.2. The van der Waals surface area contributed by atoms with Crippen molar-refractivity contribution in [2.24, 2.45) is 5.92 Å². The number of nitrogens with one attached hydrogen (secondary N) is 2. The van der Waals surface area contributed by atoms with Crippen LogP contribution in [0.1, 0.15) is 90.3 Å². The van der Waals surface area contributed by atoms with Crippen LogP contribution >= 0.6 is 0 Å². The first-order chi connectivity index (χ1) is 18.8. The lowest BCUT2D eigenvalue weighted by molar-refractivity contribution is 0.324. The minimum Gasteiger partial charge on any atom is -0.507 e. The predicted octanol–water partition coefficient (Wildman–Crippen LogP) is 7.19. The summed E-state index contributed by atoms with van der Waals surface area (Å²) >= 11 is 0. The lowest BCUT2D eigenvalue weighted by Crippen LogP contribution is -2.32. The second kappa shape index (κ2) is 12.3. The van der Waals surface area contributed by atoms with E-state index in [0.717, 1.165) is 78.5 Å². The zero-order valence-corrected chi connectivity index (χ0v) is 26.1. The number of hydrogen-bond acceptors (Lipinski definition) is 6. The number of phenolic OH excluding ortho intramolecular Hbond substituents is 1. The molecule has 2 aromatic carbocycles. The van der Waals surface area contributed by atoms with Crippen molar-refractivity contribution in [3.05, 3.63) is 53.1 Å². The molecule has 6 heteroatoms. The number of anilines is 2. The van der Waals surface area contributed by atoms with Gasteiger partial charge in [-0.2, -0.15) is 4.98 Å². The maximum absolute atomic E-state index is 11.0. The van der Waals surface area contributed by atoms with E-state index in [1.807, 2.05) is 26.2 Å². The highest BCUT2D eigenvalue weighted by Gasteiger charge is 2.26. The molecule has 0 saturated heterocycles. The molecule has 3 N–H and O–H groups in total. The van der Waals surface area contributed by atoms with E-state index in [1.165, 1.54) is 18.4 Å². The Balaban J connectivity index is 1.24. The molecule has 1 heterocycles. The molecule has 0 bridgehead atoms. The Morgan fingerprint density at radius 1 is 0.900 bits per heavy atom. The number of hydrogen-bond donors (Lipinski definition) is 3. The van der Waals surface area contributed by atoms with E-state index in [2.05, 4.69) is 81.3 Å². The van der Waals surface area contributed by atoms with Gasteiger partial charge >= 0.3 is 0 Å². The molecule has 0 unspecified atom stereocenters. The summed E-state index contributed by atoms with van der Waals surface area (Å²) in [6.45, 7) is 15.2. The van der Waals surface area contributed by atoms with Crippen LogP contribution in [0.2, 0.25) is 0 Å². The zero-order valence-electron chi connectivity index (χ0n) is 26.1. The van der Waals surface area contributed by atoms with Gasteiger partial charge < -0.3 is 20.6 Å². The van der Waals surface area contributed by atoms with Gasteiger partial charge in [0.1, 0.15) is 11.6 Å². The topological polar surface area (TPSA) is 73.3 Å². The van der Waals surface area contributed by atoms with Gasteiger partial charge in [-0.1, -0.05) is 65.8 Å². The van der Waals surface area contributed by atoms with Crippen LogP contribution in [0.3, 0.4) is 0 Å². The molecule has 0 atom stereocenters. The summed E-state index contributed by atoms with van der Waals surface area (Å²) in [6.07, 6.45) is 6.87. The predicted molar refractivity (Wildman–Crippen MR) is 170 cm³/mol. The van der Waals surface area contributed by atoms with Gasteiger partial charge in [-0.15, -0.1) is 0 Å². The first-order valence-corrected chi connectivity index (χ1v) is 15.1. The fourth-order valence-corrected chi connectivity index (χ4v) is 5.86. The number of fused-ring (bicyclic) bond motifs is 1. The number of rotatable bonds is 9. The summed E-state index contributed by atoms with van der Waals surface area (Å²) in [5.41, 5.74) is 4.26. The molecule has 0 spiro atoms. The van der Waals surface area contributed by atoms with Crippen molar-refractivity contribution in [2.45, 2.75) is 96.9 Å². The molecule has 1 aliphatic carbocycles. The molecule has 40 heavy (non-hydrogen) atoms. The standard InChI is InChI=1S/C34H51N5O/c1-33(2,3)27-20-24(21-28(30(27)40)34(4,5)6)12-11-19-35-22-23-15-17-25(18-16-23)36-32-37-29-14-10-9-13-26(29)31(38-32)39(7)8/h9-10,13-14,20-21,23,25,35,40H,11-12,15-19,22H2,1-8H3,(H,36,37,38)/t23-,25+. The Kier molecular flexibility index (Phi) is 9.29. The number of benzene rings is 2. The van der Waals surface area contributed by atoms with E-state index in [0.29, 0.717) is 11.8 Å². The maximum atomic E-state index is 11.0. The van der Waals surface area contributed by atoms with Crippen molar-refractivity contribution in [1.29, 1.82) is 0 Å². The van der Waals surface area contributed by atoms with Crippen LogP contribution in [0.15, 0.2) is 36.4 Å². The van der Waals surface area contributed by atoms with Gasteiger partial charge in [0.25, 0.3) is 0 Å². The highest BCUT2D eigenvalue weighted by atomic mass is 16.3. The molecule has 3 aromatic rings. The summed E-state index contributed by atoms with van der Waals surface area (Å²) in [7, 11) is 4.07. The van der Waals surface area contributed by atoms with Crippen LogP contribution in [-0.2, 0) is 17.3 Å². The third-order valence-corrected chi connectivity index (χ3v) is 8.22. The average molecular weight is 546 g/mol. The van der Waals surface area contributed by atoms with Gasteiger partial charge in [0.15, 0.2) is 0 Å². The van der Waals surface area contributed by atoms with Crippen LogP contribution in [0.4, 0.5) is 11.8 Å². The molecule has 1 fully saturated rings. The minimum absolute atomic E-state index is 0.0822. The third kappa shape index (κ3) is 7.45. The SMILES string of the molecule is CN(C)c1nc(N[C@H]2CC[C@@H](CNCCCc3cc(C(C)(C)C)c(O)c(C(C)(C)C)c3)CC2)nc2ccccc12. The fourth-order valence-electron chi connectivity index (χ4n) is 5.86. The van der Waals surface area contributed by atoms with Crippen LogP contribution in [0.25, 0.3) is 10.9 Å². The highest BCUT2D eigenvalue weighted by Crippen LogP contribution is 2.40. The number of nitrogens with zero attached hydrogens (tertiary/aromatic N) is 3. The van der Waals surface area contributed by atoms with Crippen LogP contribution in [-0.4, -0.2) is 48.3 Å². The third-order valence-electron chi connectivity index (χ3n) is 8.22. The summed E-state index contributed by atoms with van der Waals surface area (Å²) < 4.78 is 0. The molecular weight excluding hydrogens is 494 g/mol. The Morgan fingerprint density at radius 2 is 1.52 bits per heavy atom. The van der Waals surface area contributed by atoms with E-state index >= 15 is 0 Å². The highest BCUT2D eigenvalue weighted by molar-refractivity contribution is 5.90. The molecule has 0 radical (unpaired) electrons. The number of aryl methyl sites for hydroxylation is 1. The summed E-state index contributed by atoms with van der Waals surface area (Å²) in [5.74, 6) is 2.89. The van der Waals surface area contributed by atoms with Crippen molar-refractivity contribution in [3.63, 3.8) is 0 Å². The van der Waals surface area contributed by atoms with Crippen molar-refractivity contribution < 1.29 is 5.11 Å². The van der Waals surface area contributed by atoms with E-state index in [1.54, 1.807) is 0 Å². The minimum atomic E-state index is -0.0822. The van der Waals surface area contributed by atoms with Gasteiger partial charge in [0.05, 0.1) is 5.52 Å². The molecule has 0 amide bonds. The van der Waals surface area contributed by atoms with Crippen LogP contribution < -0.4 is 15.5 Å². The van der Waals surface area contributed by atoms with Crippen LogP contribution in [0.5, 0.6) is 5.75 Å². The first-order valence-electron chi connectivity index (χ1n) is 15.1. The van der Waals surface area contributed by atoms with Gasteiger partial charge in [0.2, 0.25) is 5.95 Å². The van der Waals surface area contributed by atoms with E-state index in [-0.39, 0.29) is 10.8 Å². The monoisotopic (exact) mass is 545 g/mol. The molecule has 218 valence electrons. The zero-order chi connectivity index (χ0) is 29.1. The Bertz CT molecular complexity index is 1240. The maximum Gasteiger partial charge on any atom is 0.225 e. The van der Waals surface area contributed by atoms with E-state index in [9.17, 15) is 5.11 Å².